The molecule has 0 bridgehead atoms. The third kappa shape index (κ3) is 3.93. The molecule has 0 radical (unpaired) electrons. The molecule has 0 aromatic heterocycles. The van der Waals surface area contributed by atoms with E-state index in [0.717, 1.165) is 0 Å². The van der Waals surface area contributed by atoms with Gasteiger partial charge in [0.1, 0.15) is 0 Å². The van der Waals surface area contributed by atoms with E-state index in [4.69, 9.17) is 16.7 Å². The van der Waals surface area contributed by atoms with Crippen molar-refractivity contribution in [2.24, 2.45) is 0 Å². The van der Waals surface area contributed by atoms with E-state index in [1.807, 2.05) is 0 Å². The van der Waals surface area contributed by atoms with Gasteiger partial charge >= 0.3 is 0 Å². The van der Waals surface area contributed by atoms with Crippen LogP contribution in [0, 0.1) is 0 Å². The Balaban J connectivity index is 3.01. The fourth-order valence-corrected chi connectivity index (χ4v) is 3.17. The summed E-state index contributed by atoms with van der Waals surface area (Å²) >= 11 is 8.95. The van der Waals surface area contributed by atoms with Gasteiger partial charge in [0.05, 0.1) is 16.5 Å². The van der Waals surface area contributed by atoms with Gasteiger partial charge in [-0.25, -0.2) is 13.1 Å². The SMILES string of the molecule is CC[C@H](CO)NS(=O)(=O)c1ccc(Cl)c(Br)c1. The number of rotatable bonds is 5. The van der Waals surface area contributed by atoms with Crippen LogP contribution in [0.15, 0.2) is 27.6 Å². The standard InChI is InChI=1S/C10H13BrClNO3S/c1-2-7(6-14)13-17(15,16)8-3-4-10(12)9(11)5-8/h3-5,7,13-14H,2,6H2,1H3/t7-/m1/s1. The highest BCUT2D eigenvalue weighted by atomic mass is 79.9. The van der Waals surface area contributed by atoms with Gasteiger partial charge in [0.2, 0.25) is 10.0 Å². The molecule has 0 heterocycles. The van der Waals surface area contributed by atoms with E-state index in [0.29, 0.717) is 15.9 Å². The third-order valence-electron chi connectivity index (χ3n) is 2.24. The molecule has 0 aliphatic rings. The lowest BCUT2D eigenvalue weighted by Crippen LogP contribution is -2.36. The maximum Gasteiger partial charge on any atom is 0.240 e. The molecule has 96 valence electrons. The lowest BCUT2D eigenvalue weighted by Gasteiger charge is -2.14. The molecule has 0 fully saturated rings. The van der Waals surface area contributed by atoms with Crippen molar-refractivity contribution in [1.29, 1.82) is 0 Å². The summed E-state index contributed by atoms with van der Waals surface area (Å²) in [7, 11) is -3.62. The zero-order chi connectivity index (χ0) is 13.1. The highest BCUT2D eigenvalue weighted by Crippen LogP contribution is 2.25. The van der Waals surface area contributed by atoms with Gasteiger partial charge in [-0.1, -0.05) is 18.5 Å². The van der Waals surface area contributed by atoms with E-state index >= 15 is 0 Å². The molecule has 0 unspecified atom stereocenters. The fourth-order valence-electron chi connectivity index (χ4n) is 1.18. The number of hydrogen-bond donors (Lipinski definition) is 2. The number of hydrogen-bond acceptors (Lipinski definition) is 3. The molecule has 1 rings (SSSR count). The van der Waals surface area contributed by atoms with Crippen molar-refractivity contribution in [2.75, 3.05) is 6.61 Å². The summed E-state index contributed by atoms with van der Waals surface area (Å²) in [4.78, 5) is 0.112. The summed E-state index contributed by atoms with van der Waals surface area (Å²) < 4.78 is 26.8. The molecular weight excluding hydrogens is 330 g/mol. The van der Waals surface area contributed by atoms with Crippen LogP contribution in [0.1, 0.15) is 13.3 Å². The summed E-state index contributed by atoms with van der Waals surface area (Å²) in [5.41, 5.74) is 0. The van der Waals surface area contributed by atoms with Crippen molar-refractivity contribution in [3.8, 4) is 0 Å². The fraction of sp³-hybridized carbons (Fsp3) is 0.400. The lowest BCUT2D eigenvalue weighted by atomic mass is 10.3. The van der Waals surface area contributed by atoms with Gasteiger partial charge in [-0.15, -0.1) is 0 Å². The summed E-state index contributed by atoms with van der Waals surface area (Å²) in [6, 6.07) is 3.86. The van der Waals surface area contributed by atoms with Gasteiger partial charge in [0.15, 0.2) is 0 Å². The van der Waals surface area contributed by atoms with Gasteiger partial charge in [0.25, 0.3) is 0 Å². The Bertz CT molecular complexity index is 488. The molecule has 0 saturated carbocycles. The van der Waals surface area contributed by atoms with Crippen molar-refractivity contribution in [1.82, 2.24) is 4.72 Å². The Hall–Kier alpha value is -0.140. The average molecular weight is 343 g/mol. The molecule has 0 aliphatic heterocycles. The van der Waals surface area contributed by atoms with E-state index in [1.54, 1.807) is 6.92 Å². The van der Waals surface area contributed by atoms with Crippen LogP contribution in [0.4, 0.5) is 0 Å². The largest absolute Gasteiger partial charge is 0.395 e. The second kappa shape index (κ2) is 6.15. The van der Waals surface area contributed by atoms with Crippen molar-refractivity contribution in [2.45, 2.75) is 24.3 Å². The van der Waals surface area contributed by atoms with Crippen molar-refractivity contribution >= 4 is 37.6 Å². The number of aliphatic hydroxyl groups is 1. The normalized spacial score (nSPS) is 13.6. The van der Waals surface area contributed by atoms with Gasteiger partial charge in [-0.3, -0.25) is 0 Å². The first-order valence-corrected chi connectivity index (χ1v) is 7.64. The molecule has 1 aromatic rings. The second-order valence-electron chi connectivity index (χ2n) is 3.48. The molecule has 0 amide bonds. The van der Waals surface area contributed by atoms with Crippen LogP contribution in [0.2, 0.25) is 5.02 Å². The summed E-state index contributed by atoms with van der Waals surface area (Å²) in [6.07, 6.45) is 0.518. The first-order chi connectivity index (χ1) is 7.90. The summed E-state index contributed by atoms with van der Waals surface area (Å²) in [6.45, 7) is 1.56. The smallest absolute Gasteiger partial charge is 0.240 e. The van der Waals surface area contributed by atoms with Crippen molar-refractivity contribution < 1.29 is 13.5 Å². The minimum atomic E-state index is -3.62. The van der Waals surface area contributed by atoms with Gasteiger partial charge in [0, 0.05) is 10.5 Å². The molecule has 7 heteroatoms. The monoisotopic (exact) mass is 341 g/mol. The average Bonchev–Trinajstić information content (AvgIpc) is 2.29. The third-order valence-corrected chi connectivity index (χ3v) is 4.97. The van der Waals surface area contributed by atoms with Crippen LogP contribution < -0.4 is 4.72 Å². The van der Waals surface area contributed by atoms with Gasteiger partial charge < -0.3 is 5.11 Å². The summed E-state index contributed by atoms with van der Waals surface area (Å²) in [5.74, 6) is 0. The highest BCUT2D eigenvalue weighted by Gasteiger charge is 2.19. The first kappa shape index (κ1) is 14.9. The zero-order valence-corrected chi connectivity index (χ0v) is 12.3. The van der Waals surface area contributed by atoms with E-state index < -0.39 is 16.1 Å². The molecule has 2 N–H and O–H groups in total. The number of nitrogens with one attached hydrogen (secondary N) is 1. The van der Waals surface area contributed by atoms with E-state index in [9.17, 15) is 8.42 Å². The van der Waals surface area contributed by atoms with Gasteiger partial charge in [-0.2, -0.15) is 0 Å². The second-order valence-corrected chi connectivity index (χ2v) is 6.46. The maximum atomic E-state index is 11.9. The van der Waals surface area contributed by atoms with Crippen LogP contribution >= 0.6 is 27.5 Å². The van der Waals surface area contributed by atoms with Crippen LogP contribution in [-0.4, -0.2) is 26.2 Å². The zero-order valence-electron chi connectivity index (χ0n) is 9.15. The van der Waals surface area contributed by atoms with E-state index in [-0.39, 0.29) is 11.5 Å². The highest BCUT2D eigenvalue weighted by molar-refractivity contribution is 9.10. The molecule has 1 atom stereocenters. The molecule has 0 spiro atoms. The number of benzene rings is 1. The van der Waals surface area contributed by atoms with Crippen molar-refractivity contribution in [3.63, 3.8) is 0 Å². The van der Waals surface area contributed by atoms with Crippen LogP contribution in [0.5, 0.6) is 0 Å². The molecule has 0 aliphatic carbocycles. The van der Waals surface area contributed by atoms with E-state index in [1.165, 1.54) is 18.2 Å². The lowest BCUT2D eigenvalue weighted by molar-refractivity contribution is 0.254. The summed E-state index contributed by atoms with van der Waals surface area (Å²) in [5, 5.41) is 9.42. The number of sulfonamides is 1. The minimum absolute atomic E-state index is 0.112. The number of halogens is 2. The minimum Gasteiger partial charge on any atom is -0.395 e. The Labute approximate surface area is 114 Å². The predicted octanol–water partition coefficient (Wildman–Crippen LogP) is 2.15. The number of aliphatic hydroxyl groups excluding tert-OH is 1. The Morgan fingerprint density at radius 3 is 2.65 bits per heavy atom. The first-order valence-electron chi connectivity index (χ1n) is 4.99. The Kier molecular flexibility index (Phi) is 5.40. The van der Waals surface area contributed by atoms with Gasteiger partial charge in [-0.05, 0) is 40.5 Å². The molecule has 0 saturated heterocycles. The van der Waals surface area contributed by atoms with Crippen LogP contribution in [0.3, 0.4) is 0 Å². The topological polar surface area (TPSA) is 66.4 Å². The van der Waals surface area contributed by atoms with Crippen molar-refractivity contribution in [3.05, 3.63) is 27.7 Å². The molecule has 4 nitrogen and oxygen atoms in total. The van der Waals surface area contributed by atoms with Crippen LogP contribution in [-0.2, 0) is 10.0 Å². The molecule has 1 aromatic carbocycles. The maximum absolute atomic E-state index is 11.9. The quantitative estimate of drug-likeness (QED) is 0.861. The Morgan fingerprint density at radius 1 is 1.53 bits per heavy atom. The Morgan fingerprint density at radius 2 is 2.18 bits per heavy atom. The molecule has 17 heavy (non-hydrogen) atoms. The molecular formula is C10H13BrClNO3S. The predicted molar refractivity (Wildman–Crippen MR) is 70.6 cm³/mol. The van der Waals surface area contributed by atoms with Crippen LogP contribution in [0.25, 0.3) is 0 Å². The van der Waals surface area contributed by atoms with E-state index in [2.05, 4.69) is 20.7 Å².